The van der Waals surface area contributed by atoms with Crippen LogP contribution in [0.15, 0.2) is 87.2 Å². The van der Waals surface area contributed by atoms with E-state index in [1.54, 1.807) is 0 Å². The summed E-state index contributed by atoms with van der Waals surface area (Å²) in [6, 6.07) is 13.1. The molecule has 0 aliphatic heterocycles. The predicted octanol–water partition coefficient (Wildman–Crippen LogP) is 5.83. The molecule has 0 unspecified atom stereocenters. The van der Waals surface area contributed by atoms with Crippen molar-refractivity contribution in [1.82, 2.24) is 9.72 Å². The van der Waals surface area contributed by atoms with E-state index in [4.69, 9.17) is 4.74 Å². The number of aromatic nitrogens is 2. The Morgan fingerprint density at radius 1 is 1.00 bits per heavy atom. The van der Waals surface area contributed by atoms with Gasteiger partial charge in [-0.2, -0.15) is 13.2 Å². The molecule has 0 aliphatic rings. The molecule has 0 atom stereocenters. The molecule has 5 rings (SSSR count). The topological polar surface area (TPSA) is 103 Å². The number of hydrogen-bond donors (Lipinski definition) is 1. The molecule has 13 heteroatoms. The number of alkyl halides is 3. The van der Waals surface area contributed by atoms with Crippen LogP contribution in [0.1, 0.15) is 5.56 Å². The molecule has 0 radical (unpaired) electrons. The lowest BCUT2D eigenvalue weighted by Gasteiger charge is -2.18. The highest BCUT2D eigenvalue weighted by molar-refractivity contribution is 7.92. The van der Waals surface area contributed by atoms with Crippen molar-refractivity contribution < 1.29 is 35.2 Å². The van der Waals surface area contributed by atoms with Crippen LogP contribution in [0.2, 0.25) is 0 Å². The zero-order valence-electron chi connectivity index (χ0n) is 20.8. The lowest BCUT2D eigenvalue weighted by atomic mass is 9.97. The monoisotopic (exact) mass is 573 g/mol. The summed E-state index contributed by atoms with van der Waals surface area (Å²) in [4.78, 5) is 12.7. The number of pyridine rings is 1. The Labute approximate surface area is 224 Å². The number of rotatable bonds is 6. The van der Waals surface area contributed by atoms with Gasteiger partial charge in [0, 0.05) is 35.7 Å². The van der Waals surface area contributed by atoms with E-state index < -0.39 is 33.1 Å². The average Bonchev–Trinajstić information content (AvgIpc) is 3.41. The number of ether oxygens (including phenoxy) is 1. The van der Waals surface area contributed by atoms with Gasteiger partial charge in [0.15, 0.2) is 5.82 Å². The van der Waals surface area contributed by atoms with Crippen molar-refractivity contribution >= 4 is 26.6 Å². The molecule has 2 aromatic heterocycles. The molecule has 0 spiro atoms. The summed E-state index contributed by atoms with van der Waals surface area (Å²) in [6.07, 6.45) is -3.42. The zero-order valence-corrected chi connectivity index (χ0v) is 21.6. The number of methoxy groups -OCH3 is 1. The second-order valence-corrected chi connectivity index (χ2v) is 10.4. The largest absolute Gasteiger partial charge is 0.496 e. The molecule has 3 aromatic carbocycles. The van der Waals surface area contributed by atoms with Crippen LogP contribution in [0.3, 0.4) is 0 Å². The molecule has 40 heavy (non-hydrogen) atoms. The van der Waals surface area contributed by atoms with Gasteiger partial charge in [-0.05, 0) is 47.3 Å². The number of hydrogen-bond acceptors (Lipinski definition) is 6. The van der Waals surface area contributed by atoms with Gasteiger partial charge in [-0.15, -0.1) is 0 Å². The first-order valence-corrected chi connectivity index (χ1v) is 13.0. The van der Waals surface area contributed by atoms with Crippen LogP contribution in [0.4, 0.5) is 23.4 Å². The van der Waals surface area contributed by atoms with E-state index in [9.17, 15) is 26.4 Å². The van der Waals surface area contributed by atoms with Crippen LogP contribution in [0.25, 0.3) is 33.2 Å². The average molecular weight is 574 g/mol. The Balaban J connectivity index is 1.67. The highest BCUT2D eigenvalue weighted by atomic mass is 32.2. The molecule has 1 N–H and O–H groups in total. The number of halogens is 4. The minimum Gasteiger partial charge on any atom is -0.496 e. The first-order valence-electron chi connectivity index (χ1n) is 11.5. The van der Waals surface area contributed by atoms with E-state index in [0.717, 1.165) is 18.2 Å². The smallest absolute Gasteiger partial charge is 0.416 e. The summed E-state index contributed by atoms with van der Waals surface area (Å²) < 4.78 is 94.5. The molecule has 0 saturated carbocycles. The molecule has 8 nitrogen and oxygen atoms in total. The van der Waals surface area contributed by atoms with Crippen molar-refractivity contribution in [3.05, 3.63) is 94.7 Å². The zero-order chi connectivity index (χ0) is 28.8. The van der Waals surface area contributed by atoms with Crippen molar-refractivity contribution in [2.75, 3.05) is 11.8 Å². The normalized spacial score (nSPS) is 12.1. The second-order valence-electron chi connectivity index (χ2n) is 8.74. The van der Waals surface area contributed by atoms with E-state index in [2.05, 4.69) is 14.4 Å². The van der Waals surface area contributed by atoms with Crippen LogP contribution < -0.4 is 15.0 Å². The number of sulfonamides is 1. The highest BCUT2D eigenvalue weighted by Crippen LogP contribution is 2.40. The third-order valence-corrected chi connectivity index (χ3v) is 7.61. The molecule has 0 aliphatic carbocycles. The van der Waals surface area contributed by atoms with Gasteiger partial charge in [-0.25, -0.2) is 12.8 Å². The molecule has 0 amide bonds. The minimum absolute atomic E-state index is 0.0153. The fraction of sp³-hybridized carbons (Fsp3) is 0.111. The maximum Gasteiger partial charge on any atom is 0.416 e. The van der Waals surface area contributed by atoms with Crippen LogP contribution in [-0.4, -0.2) is 25.3 Å². The van der Waals surface area contributed by atoms with Crippen molar-refractivity contribution in [2.45, 2.75) is 11.1 Å². The minimum atomic E-state index is -4.62. The quantitative estimate of drug-likeness (QED) is 0.257. The maximum absolute atomic E-state index is 15.5. The van der Waals surface area contributed by atoms with E-state index in [1.165, 1.54) is 73.5 Å². The maximum atomic E-state index is 15.5. The fourth-order valence-corrected chi connectivity index (χ4v) is 5.37. The molecule has 5 aromatic rings. The van der Waals surface area contributed by atoms with Gasteiger partial charge >= 0.3 is 6.18 Å². The Morgan fingerprint density at radius 2 is 1.77 bits per heavy atom. The van der Waals surface area contributed by atoms with Crippen molar-refractivity contribution in [3.63, 3.8) is 0 Å². The van der Waals surface area contributed by atoms with E-state index in [-0.39, 0.29) is 44.2 Å². The van der Waals surface area contributed by atoms with Crippen LogP contribution in [0, 0.1) is 5.82 Å². The number of fused-ring (bicyclic) bond motifs is 1. The van der Waals surface area contributed by atoms with E-state index >= 15 is 4.39 Å². The SMILES string of the molecule is COc1cc(-c2cccc(C(F)(F)F)c2)c(F)cc1-c1c2ccc(S(=O)(=O)Nc3ccon3)cc2cc(=O)n1C. The number of nitrogens with zero attached hydrogens (tertiary/aromatic N) is 2. The number of nitrogens with one attached hydrogen (secondary N) is 1. The van der Waals surface area contributed by atoms with Gasteiger partial charge < -0.3 is 13.8 Å². The van der Waals surface area contributed by atoms with Crippen LogP contribution in [0.5, 0.6) is 5.75 Å². The first-order chi connectivity index (χ1) is 18.9. The van der Waals surface area contributed by atoms with E-state index in [0.29, 0.717) is 5.39 Å². The van der Waals surface area contributed by atoms with Gasteiger partial charge in [0.2, 0.25) is 0 Å². The first kappa shape index (κ1) is 26.9. The summed E-state index contributed by atoms with van der Waals surface area (Å²) in [5.74, 6) is -0.804. The summed E-state index contributed by atoms with van der Waals surface area (Å²) >= 11 is 0. The highest BCUT2D eigenvalue weighted by Gasteiger charge is 2.31. The lowest BCUT2D eigenvalue weighted by molar-refractivity contribution is -0.137. The van der Waals surface area contributed by atoms with Gasteiger partial charge in [0.05, 0.1) is 23.3 Å². The Bertz CT molecular complexity index is 1920. The van der Waals surface area contributed by atoms with Gasteiger partial charge in [-0.3, -0.25) is 9.52 Å². The van der Waals surface area contributed by atoms with Gasteiger partial charge in [0.25, 0.3) is 15.6 Å². The lowest BCUT2D eigenvalue weighted by Crippen LogP contribution is -2.18. The Morgan fingerprint density at radius 3 is 2.45 bits per heavy atom. The summed E-state index contributed by atoms with van der Waals surface area (Å²) in [7, 11) is -1.34. The second kappa shape index (κ2) is 9.83. The summed E-state index contributed by atoms with van der Waals surface area (Å²) in [6.45, 7) is 0. The Kier molecular flexibility index (Phi) is 6.62. The molecular weight excluding hydrogens is 554 g/mol. The molecule has 2 heterocycles. The van der Waals surface area contributed by atoms with Crippen LogP contribution in [-0.2, 0) is 23.2 Å². The van der Waals surface area contributed by atoms with Crippen molar-refractivity contribution in [1.29, 1.82) is 0 Å². The molecular formula is C27H19F4N3O5S. The Hall–Kier alpha value is -4.65. The number of benzene rings is 3. The van der Waals surface area contributed by atoms with Crippen molar-refractivity contribution in [3.8, 4) is 28.1 Å². The number of anilines is 1. The summed E-state index contributed by atoms with van der Waals surface area (Å²) in [5.41, 5.74) is -1.26. The summed E-state index contributed by atoms with van der Waals surface area (Å²) in [5, 5.41) is 4.15. The van der Waals surface area contributed by atoms with Gasteiger partial charge in [0.1, 0.15) is 17.8 Å². The standard InChI is InChI=1S/C27H19F4N3O5S/c1-34-25(35)12-16-11-18(40(36,37)33-24-8-9-39-32-24)6-7-19(16)26(34)21-13-22(28)20(14-23(21)38-2)15-4-3-5-17(10-15)27(29,30)31/h3-14H,1-2H3,(H,32,33). The third-order valence-electron chi connectivity index (χ3n) is 6.26. The fourth-order valence-electron chi connectivity index (χ4n) is 4.34. The van der Waals surface area contributed by atoms with E-state index in [1.807, 2.05) is 0 Å². The molecule has 0 fully saturated rings. The van der Waals surface area contributed by atoms with Crippen molar-refractivity contribution in [2.24, 2.45) is 7.05 Å². The van der Waals surface area contributed by atoms with Gasteiger partial charge in [-0.1, -0.05) is 23.4 Å². The molecule has 0 saturated heterocycles. The van der Waals surface area contributed by atoms with Crippen LogP contribution >= 0.6 is 0 Å². The third kappa shape index (κ3) is 4.91. The molecule has 206 valence electrons. The predicted molar refractivity (Wildman–Crippen MR) is 139 cm³/mol. The molecule has 0 bridgehead atoms.